The van der Waals surface area contributed by atoms with Crippen LogP contribution >= 0.6 is 27.3 Å². The van der Waals surface area contributed by atoms with Gasteiger partial charge in [0.2, 0.25) is 0 Å². The highest BCUT2D eigenvalue weighted by Crippen LogP contribution is 2.34. The summed E-state index contributed by atoms with van der Waals surface area (Å²) in [6, 6.07) is 15.2. The number of benzene rings is 1. The van der Waals surface area contributed by atoms with E-state index >= 15 is 0 Å². The Bertz CT molecular complexity index is 957. The number of anilines is 2. The van der Waals surface area contributed by atoms with Crippen LogP contribution in [0.2, 0.25) is 0 Å². The second-order valence-electron chi connectivity index (χ2n) is 4.89. The molecule has 1 N–H and O–H groups in total. The quantitative estimate of drug-likeness (QED) is 0.499. The van der Waals surface area contributed by atoms with Crippen molar-refractivity contribution in [3.63, 3.8) is 0 Å². The van der Waals surface area contributed by atoms with Crippen molar-refractivity contribution in [2.45, 2.75) is 0 Å². The average molecular weight is 399 g/mol. The van der Waals surface area contributed by atoms with Crippen molar-refractivity contribution in [3.8, 4) is 11.5 Å². The fourth-order valence-corrected chi connectivity index (χ4v) is 3.25. The van der Waals surface area contributed by atoms with Gasteiger partial charge in [0.05, 0.1) is 0 Å². The van der Waals surface area contributed by atoms with E-state index in [0.717, 1.165) is 25.7 Å². The van der Waals surface area contributed by atoms with Gasteiger partial charge in [0.1, 0.15) is 16.1 Å². The normalized spacial score (nSPS) is 10.7. The highest BCUT2D eigenvalue weighted by Gasteiger charge is 2.11. The second kappa shape index (κ2) is 6.54. The molecule has 24 heavy (non-hydrogen) atoms. The molecule has 0 bridgehead atoms. The lowest BCUT2D eigenvalue weighted by Gasteiger charge is -2.11. The van der Waals surface area contributed by atoms with Crippen LogP contribution in [-0.2, 0) is 0 Å². The van der Waals surface area contributed by atoms with E-state index in [1.807, 2.05) is 48.5 Å². The molecule has 118 valence electrons. The molecule has 0 unspecified atom stereocenters. The Morgan fingerprint density at radius 1 is 1.04 bits per heavy atom. The molecule has 3 heterocycles. The Labute approximate surface area is 150 Å². The summed E-state index contributed by atoms with van der Waals surface area (Å²) in [6.07, 6.45) is 3.47. The summed E-state index contributed by atoms with van der Waals surface area (Å²) >= 11 is 4.90. The summed E-state index contributed by atoms with van der Waals surface area (Å²) in [6.45, 7) is 0. The molecular weight excluding hydrogens is 388 g/mol. The molecule has 1 aromatic carbocycles. The van der Waals surface area contributed by atoms with Gasteiger partial charge in [0.25, 0.3) is 0 Å². The first-order valence-electron chi connectivity index (χ1n) is 7.15. The maximum absolute atomic E-state index is 5.94. The second-order valence-corrected chi connectivity index (χ2v) is 6.78. The van der Waals surface area contributed by atoms with Gasteiger partial charge < -0.3 is 10.1 Å². The summed E-state index contributed by atoms with van der Waals surface area (Å²) < 4.78 is 6.78. The number of rotatable bonds is 4. The number of pyridine rings is 2. The minimum atomic E-state index is 0.598. The van der Waals surface area contributed by atoms with Crippen LogP contribution in [0.4, 0.5) is 10.9 Å². The van der Waals surface area contributed by atoms with Crippen LogP contribution < -0.4 is 10.1 Å². The lowest BCUT2D eigenvalue weighted by molar-refractivity contribution is 0.482. The van der Waals surface area contributed by atoms with Crippen LogP contribution in [0.15, 0.2) is 65.4 Å². The van der Waals surface area contributed by atoms with E-state index in [4.69, 9.17) is 4.74 Å². The highest BCUT2D eigenvalue weighted by molar-refractivity contribution is 9.10. The van der Waals surface area contributed by atoms with Crippen molar-refractivity contribution in [3.05, 3.63) is 65.4 Å². The van der Waals surface area contributed by atoms with Crippen molar-refractivity contribution in [1.82, 2.24) is 15.0 Å². The number of aromatic nitrogens is 3. The van der Waals surface area contributed by atoms with Crippen molar-refractivity contribution in [1.29, 1.82) is 0 Å². The number of halogens is 1. The monoisotopic (exact) mass is 398 g/mol. The van der Waals surface area contributed by atoms with Gasteiger partial charge in [0, 0.05) is 22.9 Å². The third-order valence-corrected chi connectivity index (χ3v) is 4.51. The van der Waals surface area contributed by atoms with Crippen LogP contribution in [0.5, 0.6) is 11.5 Å². The molecule has 5 nitrogen and oxygen atoms in total. The van der Waals surface area contributed by atoms with Crippen LogP contribution in [0.3, 0.4) is 0 Å². The van der Waals surface area contributed by atoms with Gasteiger partial charge in [-0.05, 0) is 40.2 Å². The zero-order valence-electron chi connectivity index (χ0n) is 12.3. The van der Waals surface area contributed by atoms with Crippen LogP contribution in [0, 0.1) is 0 Å². The van der Waals surface area contributed by atoms with Crippen molar-refractivity contribution < 1.29 is 4.74 Å². The van der Waals surface area contributed by atoms with E-state index in [9.17, 15) is 0 Å². The van der Waals surface area contributed by atoms with E-state index in [-0.39, 0.29) is 0 Å². The number of thiazole rings is 1. The number of nitrogens with zero attached hydrogens (tertiary/aromatic N) is 3. The zero-order valence-corrected chi connectivity index (χ0v) is 14.7. The van der Waals surface area contributed by atoms with Gasteiger partial charge in [0.15, 0.2) is 16.7 Å². The fraction of sp³-hybridized carbons (Fsp3) is 0. The summed E-state index contributed by atoms with van der Waals surface area (Å²) in [4.78, 5) is 14.1. The fourth-order valence-electron chi connectivity index (χ4n) is 2.13. The van der Waals surface area contributed by atoms with Crippen molar-refractivity contribution in [2.75, 3.05) is 5.32 Å². The summed E-state index contributed by atoms with van der Waals surface area (Å²) in [5.41, 5.74) is 0.854. The molecule has 0 radical (unpaired) electrons. The Morgan fingerprint density at radius 2 is 1.92 bits per heavy atom. The summed E-state index contributed by atoms with van der Waals surface area (Å²) in [5, 5.41) is 3.94. The molecule has 0 spiro atoms. The summed E-state index contributed by atoms with van der Waals surface area (Å²) in [7, 11) is 0. The molecule has 0 aliphatic rings. The first kappa shape index (κ1) is 15.0. The molecule has 0 aliphatic carbocycles. The van der Waals surface area contributed by atoms with Crippen LogP contribution in [-0.4, -0.2) is 15.0 Å². The smallest absolute Gasteiger partial charge is 0.191 e. The maximum atomic E-state index is 5.94. The van der Waals surface area contributed by atoms with E-state index in [2.05, 4.69) is 36.2 Å². The highest BCUT2D eigenvalue weighted by atomic mass is 79.9. The van der Waals surface area contributed by atoms with Gasteiger partial charge in [-0.3, -0.25) is 0 Å². The predicted molar refractivity (Wildman–Crippen MR) is 99.2 cm³/mol. The van der Waals surface area contributed by atoms with Crippen molar-refractivity contribution in [2.24, 2.45) is 0 Å². The minimum absolute atomic E-state index is 0.598. The Kier molecular flexibility index (Phi) is 4.10. The van der Waals surface area contributed by atoms with Gasteiger partial charge in [-0.25, -0.2) is 15.0 Å². The van der Waals surface area contributed by atoms with E-state index in [0.29, 0.717) is 11.6 Å². The molecule has 0 atom stereocenters. The van der Waals surface area contributed by atoms with Gasteiger partial charge in [-0.1, -0.05) is 29.5 Å². The molecule has 0 amide bonds. The topological polar surface area (TPSA) is 59.9 Å². The molecule has 0 fully saturated rings. The lowest BCUT2D eigenvalue weighted by Crippen LogP contribution is -1.97. The zero-order chi connectivity index (χ0) is 16.4. The largest absolute Gasteiger partial charge is 0.453 e. The molecular formula is C17H11BrN4OS. The third kappa shape index (κ3) is 3.22. The number of ether oxygens (including phenoxy) is 1. The Hall–Kier alpha value is -2.51. The standard InChI is InChI=1S/C17H11BrN4OS/c18-11-9-14(23-12-5-2-1-3-6-12)15(20-10-11)22-17-21-13-7-4-8-19-16(13)24-17/h1-10H,(H,20,21,22). The maximum Gasteiger partial charge on any atom is 0.191 e. The van der Waals surface area contributed by atoms with Crippen LogP contribution in [0.1, 0.15) is 0 Å². The van der Waals surface area contributed by atoms with E-state index < -0.39 is 0 Å². The number of nitrogens with one attached hydrogen (secondary N) is 1. The van der Waals surface area contributed by atoms with Crippen molar-refractivity contribution >= 4 is 48.6 Å². The van der Waals surface area contributed by atoms with Gasteiger partial charge in [-0.2, -0.15) is 0 Å². The Balaban J connectivity index is 1.67. The van der Waals surface area contributed by atoms with E-state index in [1.165, 1.54) is 11.3 Å². The molecule has 0 aliphatic heterocycles. The lowest BCUT2D eigenvalue weighted by atomic mass is 10.3. The van der Waals surface area contributed by atoms with Gasteiger partial charge >= 0.3 is 0 Å². The van der Waals surface area contributed by atoms with Crippen LogP contribution in [0.25, 0.3) is 10.3 Å². The molecule has 3 aromatic heterocycles. The first-order valence-corrected chi connectivity index (χ1v) is 8.76. The Morgan fingerprint density at radius 3 is 2.75 bits per heavy atom. The molecule has 7 heteroatoms. The number of para-hydroxylation sites is 1. The average Bonchev–Trinajstić information content (AvgIpc) is 3.01. The van der Waals surface area contributed by atoms with Gasteiger partial charge in [-0.15, -0.1) is 0 Å². The minimum Gasteiger partial charge on any atom is -0.453 e. The first-order chi connectivity index (χ1) is 11.8. The van der Waals surface area contributed by atoms with E-state index in [1.54, 1.807) is 12.4 Å². The number of hydrogen-bond donors (Lipinski definition) is 1. The SMILES string of the molecule is Brc1cnc(Nc2nc3cccnc3s2)c(Oc2ccccc2)c1. The number of fused-ring (bicyclic) bond motifs is 1. The third-order valence-electron chi connectivity index (χ3n) is 3.18. The number of hydrogen-bond acceptors (Lipinski definition) is 6. The molecule has 4 rings (SSSR count). The molecule has 4 aromatic rings. The molecule has 0 saturated carbocycles. The molecule has 0 saturated heterocycles. The predicted octanol–water partition coefficient (Wildman–Crippen LogP) is 5.38. The summed E-state index contributed by atoms with van der Waals surface area (Å²) in [5.74, 6) is 1.95.